The minimum absolute atomic E-state index is 0.389. The van der Waals surface area contributed by atoms with Crippen LogP contribution in [-0.4, -0.2) is 17.9 Å². The Morgan fingerprint density at radius 2 is 1.74 bits per heavy atom. The third kappa shape index (κ3) is 4.25. The predicted molar refractivity (Wildman–Crippen MR) is 59.9 cm³/mol. The maximum atomic E-state index is 13.2. The molecule has 0 bridgehead atoms. The van der Waals surface area contributed by atoms with Gasteiger partial charge in [-0.2, -0.15) is 0 Å². The normalized spacial score (nSPS) is 12.0. The van der Waals surface area contributed by atoms with Gasteiger partial charge in [-0.1, -0.05) is 0 Å². The van der Waals surface area contributed by atoms with Crippen molar-refractivity contribution in [3.05, 3.63) is 35.1 Å². The number of carbonyl (C=O) groups excluding carboxylic acids is 2. The molecule has 0 heterocycles. The minimum Gasteiger partial charge on any atom is -0.370 e. The highest BCUT2D eigenvalue weighted by Crippen LogP contribution is 2.14. The summed E-state index contributed by atoms with van der Waals surface area (Å²) in [6.45, 7) is -0.511. The number of halogens is 3. The van der Waals surface area contributed by atoms with Crippen molar-refractivity contribution in [1.29, 1.82) is 0 Å². The van der Waals surface area contributed by atoms with E-state index in [0.29, 0.717) is 12.1 Å². The van der Waals surface area contributed by atoms with Crippen LogP contribution in [0.15, 0.2) is 12.1 Å². The molecule has 0 aromatic heterocycles. The van der Waals surface area contributed by atoms with E-state index in [1.165, 1.54) is 0 Å². The molecule has 0 fully saturated rings. The molecule has 8 heteroatoms. The lowest BCUT2D eigenvalue weighted by Crippen LogP contribution is -2.42. The molecule has 1 aromatic rings. The van der Waals surface area contributed by atoms with Gasteiger partial charge < -0.3 is 16.8 Å². The molecule has 5 N–H and O–H groups in total. The summed E-state index contributed by atoms with van der Waals surface area (Å²) in [7, 11) is 0. The van der Waals surface area contributed by atoms with E-state index in [1.54, 1.807) is 0 Å². The zero-order chi connectivity index (χ0) is 14.6. The molecule has 2 amide bonds. The van der Waals surface area contributed by atoms with Crippen LogP contribution in [0.4, 0.5) is 13.2 Å². The molecule has 104 valence electrons. The highest BCUT2D eigenvalue weighted by atomic mass is 19.1. The molecule has 0 aliphatic carbocycles. The Kier molecular flexibility index (Phi) is 4.87. The molecule has 0 aliphatic rings. The van der Waals surface area contributed by atoms with Crippen LogP contribution in [0.25, 0.3) is 0 Å². The molecule has 1 atom stereocenters. The van der Waals surface area contributed by atoms with E-state index in [1.807, 2.05) is 0 Å². The van der Waals surface area contributed by atoms with Gasteiger partial charge in [-0.05, 0) is 0 Å². The van der Waals surface area contributed by atoms with Crippen LogP contribution in [-0.2, 0) is 16.1 Å². The first-order chi connectivity index (χ1) is 8.81. The quantitative estimate of drug-likeness (QED) is 0.701. The fraction of sp³-hybridized carbons (Fsp3) is 0.273. The first-order valence-electron chi connectivity index (χ1n) is 5.26. The van der Waals surface area contributed by atoms with Crippen molar-refractivity contribution in [2.75, 3.05) is 0 Å². The highest BCUT2D eigenvalue weighted by Gasteiger charge is 2.17. The largest absolute Gasteiger partial charge is 0.370 e. The SMILES string of the molecule is NC(=O)C[C@H](N)C(=O)NCc1c(F)cc(F)cc1F. The Morgan fingerprint density at radius 3 is 2.21 bits per heavy atom. The van der Waals surface area contributed by atoms with E-state index in [4.69, 9.17) is 11.5 Å². The second-order valence-corrected chi connectivity index (χ2v) is 3.84. The molecule has 5 nitrogen and oxygen atoms in total. The van der Waals surface area contributed by atoms with Gasteiger partial charge >= 0.3 is 0 Å². The van der Waals surface area contributed by atoms with E-state index in [9.17, 15) is 22.8 Å². The summed E-state index contributed by atoms with van der Waals surface area (Å²) in [6.07, 6.45) is -0.389. The molecule has 0 aliphatic heterocycles. The van der Waals surface area contributed by atoms with Crippen molar-refractivity contribution in [3.8, 4) is 0 Å². The van der Waals surface area contributed by atoms with Gasteiger partial charge in [-0.3, -0.25) is 9.59 Å². The molecule has 0 saturated carbocycles. The molecule has 19 heavy (non-hydrogen) atoms. The van der Waals surface area contributed by atoms with Crippen molar-refractivity contribution < 1.29 is 22.8 Å². The smallest absolute Gasteiger partial charge is 0.237 e. The number of carbonyl (C=O) groups is 2. The molecular weight excluding hydrogens is 263 g/mol. The summed E-state index contributed by atoms with van der Waals surface area (Å²) in [6, 6.07) is -0.217. The van der Waals surface area contributed by atoms with Crippen molar-refractivity contribution in [2.45, 2.75) is 19.0 Å². The molecule has 0 unspecified atom stereocenters. The standard InChI is InChI=1S/C11H12F3N3O2/c12-5-1-7(13)6(8(14)2-5)4-17-11(19)9(15)3-10(16)18/h1-2,9H,3-4,15H2,(H2,16,18)(H,17,19)/t9-/m0/s1. The monoisotopic (exact) mass is 275 g/mol. The average Bonchev–Trinajstić information content (AvgIpc) is 2.26. The summed E-state index contributed by atoms with van der Waals surface area (Å²) in [5, 5.41) is 2.13. The van der Waals surface area contributed by atoms with E-state index in [2.05, 4.69) is 5.32 Å². The van der Waals surface area contributed by atoms with Crippen LogP contribution in [0, 0.1) is 17.5 Å². The lowest BCUT2D eigenvalue weighted by atomic mass is 10.1. The van der Waals surface area contributed by atoms with Gasteiger partial charge in [-0.25, -0.2) is 13.2 Å². The Hall–Kier alpha value is -2.09. The van der Waals surface area contributed by atoms with Gasteiger partial charge in [0.25, 0.3) is 0 Å². The van der Waals surface area contributed by atoms with Gasteiger partial charge in [0.05, 0.1) is 12.5 Å². The van der Waals surface area contributed by atoms with E-state index >= 15 is 0 Å². The minimum atomic E-state index is -1.20. The fourth-order valence-electron chi connectivity index (χ4n) is 1.36. The predicted octanol–water partition coefficient (Wildman–Crippen LogP) is -0.0772. The molecule has 1 aromatic carbocycles. The van der Waals surface area contributed by atoms with Crippen LogP contribution >= 0.6 is 0 Å². The van der Waals surface area contributed by atoms with E-state index < -0.39 is 47.4 Å². The molecule has 0 spiro atoms. The van der Waals surface area contributed by atoms with Crippen LogP contribution in [0.5, 0.6) is 0 Å². The average molecular weight is 275 g/mol. The lowest BCUT2D eigenvalue weighted by molar-refractivity contribution is -0.126. The van der Waals surface area contributed by atoms with Gasteiger partial charge in [0.1, 0.15) is 17.5 Å². The van der Waals surface area contributed by atoms with Crippen LogP contribution in [0.2, 0.25) is 0 Å². The number of nitrogens with one attached hydrogen (secondary N) is 1. The third-order valence-corrected chi connectivity index (χ3v) is 2.30. The van der Waals surface area contributed by atoms with Gasteiger partial charge in [0, 0.05) is 24.2 Å². The number of primary amides is 1. The summed E-state index contributed by atoms with van der Waals surface area (Å²) in [4.78, 5) is 21.9. The van der Waals surface area contributed by atoms with Gasteiger partial charge in [-0.15, -0.1) is 0 Å². The number of rotatable bonds is 5. The second kappa shape index (κ2) is 6.19. The van der Waals surface area contributed by atoms with E-state index in [-0.39, 0.29) is 6.42 Å². The summed E-state index contributed by atoms with van der Waals surface area (Å²) in [5.41, 5.74) is 9.67. The maximum absolute atomic E-state index is 13.2. The lowest BCUT2D eigenvalue weighted by Gasteiger charge is -2.11. The first-order valence-corrected chi connectivity index (χ1v) is 5.26. The first kappa shape index (κ1) is 15.0. The zero-order valence-corrected chi connectivity index (χ0v) is 9.75. The van der Waals surface area contributed by atoms with Crippen molar-refractivity contribution in [2.24, 2.45) is 11.5 Å². The maximum Gasteiger partial charge on any atom is 0.237 e. The van der Waals surface area contributed by atoms with Gasteiger partial charge in [0.2, 0.25) is 11.8 Å². The summed E-state index contributed by atoms with van der Waals surface area (Å²) >= 11 is 0. The number of amides is 2. The van der Waals surface area contributed by atoms with Gasteiger partial charge in [0.15, 0.2) is 0 Å². The Morgan fingerprint density at radius 1 is 1.21 bits per heavy atom. The second-order valence-electron chi connectivity index (χ2n) is 3.84. The molecular formula is C11H12F3N3O2. The molecule has 0 radical (unpaired) electrons. The van der Waals surface area contributed by atoms with Crippen LogP contribution in [0.1, 0.15) is 12.0 Å². The Labute approximate surface area is 106 Å². The Balaban J connectivity index is 2.67. The van der Waals surface area contributed by atoms with Crippen molar-refractivity contribution in [1.82, 2.24) is 5.32 Å². The van der Waals surface area contributed by atoms with Crippen LogP contribution < -0.4 is 16.8 Å². The number of nitrogens with two attached hydrogens (primary N) is 2. The number of hydrogen-bond donors (Lipinski definition) is 3. The third-order valence-electron chi connectivity index (χ3n) is 2.30. The highest BCUT2D eigenvalue weighted by molar-refractivity contribution is 5.87. The summed E-state index contributed by atoms with van der Waals surface area (Å²) < 4.78 is 39.1. The van der Waals surface area contributed by atoms with Crippen molar-refractivity contribution >= 4 is 11.8 Å². The topological polar surface area (TPSA) is 98.2 Å². The van der Waals surface area contributed by atoms with E-state index in [0.717, 1.165) is 0 Å². The zero-order valence-electron chi connectivity index (χ0n) is 9.75. The number of hydrogen-bond acceptors (Lipinski definition) is 3. The Bertz CT molecular complexity index is 485. The molecule has 1 rings (SSSR count). The summed E-state index contributed by atoms with van der Waals surface area (Å²) in [5.74, 6) is -4.87. The van der Waals surface area contributed by atoms with Crippen LogP contribution in [0.3, 0.4) is 0 Å². The van der Waals surface area contributed by atoms with Crippen molar-refractivity contribution in [3.63, 3.8) is 0 Å². The fourth-order valence-corrected chi connectivity index (χ4v) is 1.36. The number of benzene rings is 1. The molecule has 0 saturated heterocycles.